The lowest BCUT2D eigenvalue weighted by molar-refractivity contribution is -0.130. The minimum absolute atomic E-state index is 0.721. The Hall–Kier alpha value is -0.520. The van der Waals surface area contributed by atoms with Crippen molar-refractivity contribution in [3.8, 4) is 0 Å². The maximum atomic E-state index is 10.8. The molecule has 0 aromatic rings. The summed E-state index contributed by atoms with van der Waals surface area (Å²) in [6, 6.07) is 0. The molecule has 5 nitrogen and oxygen atoms in total. The number of hydrogen-bond donors (Lipinski definition) is 3. The number of alkyl halides is 2. The van der Waals surface area contributed by atoms with Gasteiger partial charge in [-0.15, -0.1) is 0 Å². The predicted octanol–water partition coefficient (Wildman–Crippen LogP) is -0.680. The van der Waals surface area contributed by atoms with Gasteiger partial charge in [-0.3, -0.25) is 20.4 Å². The Bertz CT molecular complexity index is 190. The molecule has 0 atom stereocenters. The molecule has 0 rings (SSSR count). The lowest BCUT2D eigenvalue weighted by atomic mass is 10.4. The van der Waals surface area contributed by atoms with Gasteiger partial charge in [0.15, 0.2) is 4.33 Å². The number of hydrazine groups is 1. The number of rotatable bonds is 2. The maximum Gasteiger partial charge on any atom is 0.274 e. The fraction of sp³-hybridized carbons (Fsp3) is 0.600. The molecule has 12 heavy (non-hydrogen) atoms. The summed E-state index contributed by atoms with van der Waals surface area (Å²) >= 11 is 10.7. The third-order valence-corrected chi connectivity index (χ3v) is 1.20. The van der Waals surface area contributed by atoms with Crippen LogP contribution in [0.5, 0.6) is 0 Å². The average Bonchev–Trinajstić information content (AvgIpc) is 1.97. The van der Waals surface area contributed by atoms with E-state index in [0.717, 1.165) is 0 Å². The van der Waals surface area contributed by atoms with E-state index in [0.29, 0.717) is 0 Å². The van der Waals surface area contributed by atoms with Crippen LogP contribution >= 0.6 is 23.2 Å². The summed E-state index contributed by atoms with van der Waals surface area (Å²) in [5.41, 5.74) is 3.79. The zero-order valence-corrected chi connectivity index (χ0v) is 7.74. The van der Waals surface area contributed by atoms with E-state index in [-0.39, 0.29) is 0 Å². The minimum Gasteiger partial charge on any atom is -0.386 e. The third-order valence-electron chi connectivity index (χ3n) is 0.858. The molecule has 2 amide bonds. The van der Waals surface area contributed by atoms with E-state index in [9.17, 15) is 9.59 Å². The van der Waals surface area contributed by atoms with Gasteiger partial charge in [-0.2, -0.15) is 0 Å². The number of aliphatic hydroxyl groups is 1. The van der Waals surface area contributed by atoms with Gasteiger partial charge in [0.1, 0.15) is 6.61 Å². The van der Waals surface area contributed by atoms with E-state index < -0.39 is 22.8 Å². The molecule has 3 N–H and O–H groups in total. The lowest BCUT2D eigenvalue weighted by Gasteiger charge is -2.12. The first-order chi connectivity index (χ1) is 5.38. The zero-order valence-electron chi connectivity index (χ0n) is 6.23. The second-order valence-corrected chi connectivity index (χ2v) is 3.75. The van der Waals surface area contributed by atoms with Crippen molar-refractivity contribution in [3.63, 3.8) is 0 Å². The monoisotopic (exact) mass is 214 g/mol. The number of hydrogen-bond acceptors (Lipinski definition) is 3. The van der Waals surface area contributed by atoms with Crippen molar-refractivity contribution in [2.24, 2.45) is 0 Å². The molecule has 0 spiro atoms. The molecule has 0 aliphatic rings. The SMILES string of the molecule is CC(Cl)(Cl)C(=O)NNC(=O)CO. The highest BCUT2D eigenvalue weighted by atomic mass is 35.5. The van der Waals surface area contributed by atoms with Crippen LogP contribution in [-0.2, 0) is 9.59 Å². The second kappa shape index (κ2) is 4.49. The summed E-state index contributed by atoms with van der Waals surface area (Å²) < 4.78 is -1.61. The molecule has 0 aliphatic heterocycles. The maximum absolute atomic E-state index is 10.8. The van der Waals surface area contributed by atoms with Crippen molar-refractivity contribution in [1.29, 1.82) is 0 Å². The van der Waals surface area contributed by atoms with E-state index in [1.807, 2.05) is 10.9 Å². The molecule has 0 unspecified atom stereocenters. The molecule has 7 heteroatoms. The first-order valence-corrected chi connectivity index (χ1v) is 3.71. The van der Waals surface area contributed by atoms with Crippen molar-refractivity contribution in [2.75, 3.05) is 6.61 Å². The molecule has 0 aliphatic carbocycles. The van der Waals surface area contributed by atoms with Crippen LogP contribution in [0.25, 0.3) is 0 Å². The van der Waals surface area contributed by atoms with Crippen LogP contribution in [0.3, 0.4) is 0 Å². The van der Waals surface area contributed by atoms with Crippen LogP contribution in [0, 0.1) is 0 Å². The highest BCUT2D eigenvalue weighted by Crippen LogP contribution is 2.18. The van der Waals surface area contributed by atoms with Gasteiger partial charge in [0.2, 0.25) is 0 Å². The van der Waals surface area contributed by atoms with Crippen molar-refractivity contribution in [1.82, 2.24) is 10.9 Å². The van der Waals surface area contributed by atoms with Gasteiger partial charge >= 0.3 is 0 Å². The Morgan fingerprint density at radius 3 is 2.25 bits per heavy atom. The van der Waals surface area contributed by atoms with Crippen molar-refractivity contribution >= 4 is 35.0 Å². The van der Waals surface area contributed by atoms with E-state index >= 15 is 0 Å². The summed E-state index contributed by atoms with van der Waals surface area (Å²) in [4.78, 5) is 21.2. The van der Waals surface area contributed by atoms with Crippen LogP contribution in [0.15, 0.2) is 0 Å². The summed E-state index contributed by atoms with van der Waals surface area (Å²) in [5, 5.41) is 8.22. The van der Waals surface area contributed by atoms with E-state index in [2.05, 4.69) is 0 Å². The van der Waals surface area contributed by atoms with Crippen molar-refractivity contribution < 1.29 is 14.7 Å². The largest absolute Gasteiger partial charge is 0.386 e. The molecule has 0 heterocycles. The highest BCUT2D eigenvalue weighted by Gasteiger charge is 2.27. The van der Waals surface area contributed by atoms with Gasteiger partial charge in [-0.25, -0.2) is 0 Å². The molecule has 0 radical (unpaired) electrons. The third kappa shape index (κ3) is 4.38. The number of halogens is 2. The molecule has 70 valence electrons. The van der Waals surface area contributed by atoms with Gasteiger partial charge in [0, 0.05) is 0 Å². The van der Waals surface area contributed by atoms with Crippen LogP contribution in [-0.4, -0.2) is 27.9 Å². The number of carbonyl (C=O) groups excluding carboxylic acids is 2. The first kappa shape index (κ1) is 11.5. The van der Waals surface area contributed by atoms with Crippen molar-refractivity contribution in [2.45, 2.75) is 11.3 Å². The molecule has 0 bridgehead atoms. The number of aliphatic hydroxyl groups excluding tert-OH is 1. The van der Waals surface area contributed by atoms with Gasteiger partial charge in [-0.1, -0.05) is 23.2 Å². The van der Waals surface area contributed by atoms with Gasteiger partial charge in [0.05, 0.1) is 0 Å². The van der Waals surface area contributed by atoms with Gasteiger partial charge in [0.25, 0.3) is 11.8 Å². The van der Waals surface area contributed by atoms with Gasteiger partial charge in [-0.05, 0) is 6.92 Å². The zero-order chi connectivity index (χ0) is 9.78. The normalized spacial score (nSPS) is 10.7. The molecular formula is C5H8Cl2N2O3. The molecule has 0 aromatic heterocycles. The Balaban J connectivity index is 3.81. The minimum atomic E-state index is -1.61. The lowest BCUT2D eigenvalue weighted by Crippen LogP contribution is -2.48. The highest BCUT2D eigenvalue weighted by molar-refractivity contribution is 6.57. The van der Waals surface area contributed by atoms with E-state index in [1.54, 1.807) is 0 Å². The van der Waals surface area contributed by atoms with Crippen LogP contribution in [0.4, 0.5) is 0 Å². The Kier molecular flexibility index (Phi) is 4.30. The van der Waals surface area contributed by atoms with E-state index in [1.165, 1.54) is 6.92 Å². The van der Waals surface area contributed by atoms with Crippen LogP contribution in [0.1, 0.15) is 6.92 Å². The number of nitrogens with one attached hydrogen (secondary N) is 2. The second-order valence-electron chi connectivity index (χ2n) is 2.05. The fourth-order valence-corrected chi connectivity index (χ4v) is 0.370. The van der Waals surface area contributed by atoms with E-state index in [4.69, 9.17) is 28.3 Å². The van der Waals surface area contributed by atoms with Crippen molar-refractivity contribution in [3.05, 3.63) is 0 Å². The number of carbonyl (C=O) groups is 2. The summed E-state index contributed by atoms with van der Waals surface area (Å²) in [6.07, 6.45) is 0. The molecule has 0 saturated carbocycles. The first-order valence-electron chi connectivity index (χ1n) is 2.96. The quantitative estimate of drug-likeness (QED) is 0.421. The molecule has 0 aromatic carbocycles. The fourth-order valence-electron chi connectivity index (χ4n) is 0.276. The topological polar surface area (TPSA) is 78.4 Å². The summed E-state index contributed by atoms with van der Waals surface area (Å²) in [5.74, 6) is -1.52. The van der Waals surface area contributed by atoms with Crippen LogP contribution in [0.2, 0.25) is 0 Å². The summed E-state index contributed by atoms with van der Waals surface area (Å²) in [7, 11) is 0. The Labute approximate surface area is 79.0 Å². The number of amides is 2. The van der Waals surface area contributed by atoms with Crippen LogP contribution < -0.4 is 10.9 Å². The molecule has 0 fully saturated rings. The Morgan fingerprint density at radius 2 is 1.92 bits per heavy atom. The molecule has 0 saturated heterocycles. The smallest absolute Gasteiger partial charge is 0.274 e. The Morgan fingerprint density at radius 1 is 1.42 bits per heavy atom. The van der Waals surface area contributed by atoms with Gasteiger partial charge < -0.3 is 5.11 Å². The predicted molar refractivity (Wildman–Crippen MR) is 43.5 cm³/mol. The summed E-state index contributed by atoms with van der Waals surface area (Å²) in [6.45, 7) is 0.526. The standard InChI is InChI=1S/C5H8Cl2N2O3/c1-5(6,7)4(12)9-8-3(11)2-10/h10H,2H2,1H3,(H,8,11)(H,9,12). The average molecular weight is 215 g/mol. The molecular weight excluding hydrogens is 207 g/mol.